The molecule has 1 aromatic carbocycles. The lowest BCUT2D eigenvalue weighted by Crippen LogP contribution is -2.15. The largest absolute Gasteiger partial charge is 0.326 e. The highest BCUT2D eigenvalue weighted by Crippen LogP contribution is 2.49. The number of rotatable bonds is 4. The van der Waals surface area contributed by atoms with Gasteiger partial charge in [-0.3, -0.25) is 0 Å². The summed E-state index contributed by atoms with van der Waals surface area (Å²) in [6.45, 7) is 0.979. The summed E-state index contributed by atoms with van der Waals surface area (Å²) in [5.41, 5.74) is 2.07. The third-order valence-electron chi connectivity index (χ3n) is 3.60. The molecule has 1 fully saturated rings. The summed E-state index contributed by atoms with van der Waals surface area (Å²) >= 11 is 14.0. The van der Waals surface area contributed by atoms with Crippen LogP contribution in [0.2, 0.25) is 5.02 Å². The van der Waals surface area contributed by atoms with Crippen LogP contribution < -0.4 is 0 Å². The van der Waals surface area contributed by atoms with Crippen LogP contribution in [-0.4, -0.2) is 20.6 Å². The zero-order chi connectivity index (χ0) is 12.8. The fraction of sp³-hybridized carbons (Fsp3) is 0.462. The topological polar surface area (TPSA) is 17.8 Å². The Balaban J connectivity index is 2.09. The molecule has 1 aliphatic rings. The highest BCUT2D eigenvalue weighted by Gasteiger charge is 2.42. The summed E-state index contributed by atoms with van der Waals surface area (Å²) < 4.78 is 2.62. The SMILES string of the molecule is CSC1(Cn2c(CCl)nc3ccc(Cl)cc32)CC1. The molecule has 0 bridgehead atoms. The lowest BCUT2D eigenvalue weighted by atomic mass is 10.3. The maximum absolute atomic E-state index is 6.08. The van der Waals surface area contributed by atoms with Crippen molar-refractivity contribution in [2.24, 2.45) is 0 Å². The zero-order valence-electron chi connectivity index (χ0n) is 10.1. The monoisotopic (exact) mass is 300 g/mol. The maximum atomic E-state index is 6.08. The second-order valence-electron chi connectivity index (χ2n) is 4.77. The van der Waals surface area contributed by atoms with Crippen LogP contribution >= 0.6 is 35.0 Å². The summed E-state index contributed by atoms with van der Waals surface area (Å²) in [5.74, 6) is 1.38. The molecule has 0 atom stereocenters. The quantitative estimate of drug-likeness (QED) is 0.783. The van der Waals surface area contributed by atoms with Crippen LogP contribution in [0.25, 0.3) is 11.0 Å². The van der Waals surface area contributed by atoms with E-state index >= 15 is 0 Å². The Bertz CT molecular complexity index is 590. The molecule has 1 heterocycles. The third-order valence-corrected chi connectivity index (χ3v) is 5.47. The highest BCUT2D eigenvalue weighted by molar-refractivity contribution is 8.00. The van der Waals surface area contributed by atoms with E-state index in [-0.39, 0.29) is 0 Å². The molecule has 0 saturated heterocycles. The van der Waals surface area contributed by atoms with Crippen molar-refractivity contribution in [1.29, 1.82) is 0 Å². The summed E-state index contributed by atoms with van der Waals surface area (Å²) in [6, 6.07) is 5.82. The van der Waals surface area contributed by atoms with Crippen LogP contribution in [0.3, 0.4) is 0 Å². The molecule has 2 aromatic rings. The number of aromatic nitrogens is 2. The van der Waals surface area contributed by atoms with E-state index < -0.39 is 0 Å². The van der Waals surface area contributed by atoms with Crippen molar-refractivity contribution in [1.82, 2.24) is 9.55 Å². The first-order valence-electron chi connectivity index (χ1n) is 5.93. The fourth-order valence-corrected chi connectivity index (χ4v) is 3.42. The standard InChI is InChI=1S/C13H14Cl2N2S/c1-18-13(4-5-13)8-17-11-6-9(15)2-3-10(11)16-12(17)7-14/h2-3,6H,4-5,7-8H2,1H3. The lowest BCUT2D eigenvalue weighted by molar-refractivity contribution is 0.655. The zero-order valence-corrected chi connectivity index (χ0v) is 12.4. The van der Waals surface area contributed by atoms with Gasteiger partial charge in [-0.1, -0.05) is 11.6 Å². The normalized spacial score (nSPS) is 17.3. The number of benzene rings is 1. The van der Waals surface area contributed by atoms with Gasteiger partial charge in [0.2, 0.25) is 0 Å². The van der Waals surface area contributed by atoms with E-state index in [1.165, 1.54) is 12.8 Å². The molecular weight excluding hydrogens is 287 g/mol. The maximum Gasteiger partial charge on any atom is 0.124 e. The minimum Gasteiger partial charge on any atom is -0.326 e. The minimum absolute atomic E-state index is 0.386. The van der Waals surface area contributed by atoms with Gasteiger partial charge in [-0.25, -0.2) is 4.98 Å². The van der Waals surface area contributed by atoms with Crippen molar-refractivity contribution >= 4 is 46.0 Å². The van der Waals surface area contributed by atoms with E-state index in [2.05, 4.69) is 15.8 Å². The first kappa shape index (κ1) is 12.6. The van der Waals surface area contributed by atoms with E-state index in [9.17, 15) is 0 Å². The van der Waals surface area contributed by atoms with Crippen molar-refractivity contribution in [3.63, 3.8) is 0 Å². The van der Waals surface area contributed by atoms with Gasteiger partial charge >= 0.3 is 0 Å². The van der Waals surface area contributed by atoms with Gasteiger partial charge in [-0.2, -0.15) is 11.8 Å². The van der Waals surface area contributed by atoms with Crippen molar-refractivity contribution in [2.45, 2.75) is 30.0 Å². The van der Waals surface area contributed by atoms with Gasteiger partial charge in [-0.05, 0) is 37.3 Å². The van der Waals surface area contributed by atoms with E-state index in [0.29, 0.717) is 10.6 Å². The Morgan fingerprint density at radius 3 is 2.83 bits per heavy atom. The summed E-state index contributed by atoms with van der Waals surface area (Å²) in [4.78, 5) is 4.58. The Labute approximate surface area is 121 Å². The molecular formula is C13H14Cl2N2S. The lowest BCUT2D eigenvalue weighted by Gasteiger charge is -2.15. The molecule has 2 nitrogen and oxygen atoms in total. The molecule has 1 aromatic heterocycles. The number of hydrogen-bond acceptors (Lipinski definition) is 2. The fourth-order valence-electron chi connectivity index (χ4n) is 2.28. The number of nitrogens with zero attached hydrogens (tertiary/aromatic N) is 2. The molecule has 5 heteroatoms. The number of fused-ring (bicyclic) bond motifs is 1. The van der Waals surface area contributed by atoms with Crippen LogP contribution in [-0.2, 0) is 12.4 Å². The third kappa shape index (κ3) is 2.13. The van der Waals surface area contributed by atoms with Gasteiger partial charge in [0, 0.05) is 16.3 Å². The number of alkyl halides is 1. The summed E-state index contributed by atoms with van der Waals surface area (Å²) in [7, 11) is 0. The van der Waals surface area contributed by atoms with Gasteiger partial charge < -0.3 is 4.57 Å². The number of hydrogen-bond donors (Lipinski definition) is 0. The first-order valence-corrected chi connectivity index (χ1v) is 8.07. The number of thioether (sulfide) groups is 1. The Morgan fingerprint density at radius 1 is 1.44 bits per heavy atom. The molecule has 96 valence electrons. The van der Waals surface area contributed by atoms with E-state index in [4.69, 9.17) is 23.2 Å². The van der Waals surface area contributed by atoms with Crippen molar-refractivity contribution in [3.8, 4) is 0 Å². The van der Waals surface area contributed by atoms with Gasteiger partial charge in [0.1, 0.15) is 5.82 Å². The molecule has 0 aliphatic heterocycles. The molecule has 0 amide bonds. The predicted molar refractivity (Wildman–Crippen MR) is 79.8 cm³/mol. The summed E-state index contributed by atoms with van der Waals surface area (Å²) in [6.07, 6.45) is 4.73. The molecule has 1 saturated carbocycles. The minimum atomic E-state index is 0.386. The van der Waals surface area contributed by atoms with E-state index in [1.807, 2.05) is 30.0 Å². The van der Waals surface area contributed by atoms with E-state index in [1.54, 1.807) is 0 Å². The Hall–Kier alpha value is -0.380. The number of halogens is 2. The van der Waals surface area contributed by atoms with E-state index in [0.717, 1.165) is 28.4 Å². The van der Waals surface area contributed by atoms with Crippen molar-refractivity contribution in [2.75, 3.05) is 6.26 Å². The average Bonchev–Trinajstić information content (AvgIpc) is 3.08. The molecule has 0 N–H and O–H groups in total. The smallest absolute Gasteiger partial charge is 0.124 e. The second kappa shape index (κ2) is 4.62. The Kier molecular flexibility index (Phi) is 3.25. The molecule has 0 radical (unpaired) electrons. The van der Waals surface area contributed by atoms with Crippen LogP contribution in [0.15, 0.2) is 18.2 Å². The molecule has 18 heavy (non-hydrogen) atoms. The van der Waals surface area contributed by atoms with Gasteiger partial charge in [0.05, 0.1) is 16.9 Å². The highest BCUT2D eigenvalue weighted by atomic mass is 35.5. The molecule has 0 spiro atoms. The number of imidazole rings is 1. The van der Waals surface area contributed by atoms with Gasteiger partial charge in [0.15, 0.2) is 0 Å². The summed E-state index contributed by atoms with van der Waals surface area (Å²) in [5, 5.41) is 0.749. The Morgan fingerprint density at radius 2 is 2.22 bits per heavy atom. The van der Waals surface area contributed by atoms with Gasteiger partial charge in [0.25, 0.3) is 0 Å². The van der Waals surface area contributed by atoms with Crippen molar-refractivity contribution in [3.05, 3.63) is 29.0 Å². The first-order chi connectivity index (χ1) is 8.67. The van der Waals surface area contributed by atoms with Gasteiger partial charge in [-0.15, -0.1) is 11.6 Å². The van der Waals surface area contributed by atoms with Crippen LogP contribution in [0.4, 0.5) is 0 Å². The second-order valence-corrected chi connectivity index (χ2v) is 6.75. The van der Waals surface area contributed by atoms with Crippen molar-refractivity contribution < 1.29 is 0 Å². The molecule has 3 rings (SSSR count). The van der Waals surface area contributed by atoms with Crippen LogP contribution in [0, 0.1) is 0 Å². The predicted octanol–water partition coefficient (Wildman–Crippen LogP) is 4.32. The van der Waals surface area contributed by atoms with Crippen LogP contribution in [0.1, 0.15) is 18.7 Å². The molecule has 0 unspecified atom stereocenters. The molecule has 1 aliphatic carbocycles. The van der Waals surface area contributed by atoms with Crippen LogP contribution in [0.5, 0.6) is 0 Å². The average molecular weight is 301 g/mol.